The lowest BCUT2D eigenvalue weighted by molar-refractivity contribution is 0.0279. The third-order valence-electron chi connectivity index (χ3n) is 3.01. The highest BCUT2D eigenvalue weighted by molar-refractivity contribution is 6.35. The Kier molecular flexibility index (Phi) is 6.76. The van der Waals surface area contributed by atoms with Crippen LogP contribution < -0.4 is 9.47 Å². The molecule has 3 nitrogen and oxygen atoms in total. The van der Waals surface area contributed by atoms with Gasteiger partial charge < -0.3 is 9.47 Å². The number of methoxy groups -OCH3 is 1. The molecule has 0 saturated heterocycles. The maximum atomic E-state index is 6.11. The van der Waals surface area contributed by atoms with Gasteiger partial charge in [0.1, 0.15) is 0 Å². The van der Waals surface area contributed by atoms with Crippen molar-refractivity contribution in [2.24, 2.45) is 0 Å². The van der Waals surface area contributed by atoms with Crippen LogP contribution in [-0.2, 0) is 0 Å². The number of hydrogen-bond acceptors (Lipinski definition) is 3. The van der Waals surface area contributed by atoms with Gasteiger partial charge in [-0.3, -0.25) is 4.90 Å². The molecule has 1 rings (SSSR count). The number of rotatable bonds is 7. The van der Waals surface area contributed by atoms with Crippen molar-refractivity contribution >= 4 is 23.2 Å². The summed E-state index contributed by atoms with van der Waals surface area (Å²) in [4.78, 5) is 2.23. The summed E-state index contributed by atoms with van der Waals surface area (Å²) >= 11 is 12.1. The fourth-order valence-electron chi connectivity index (χ4n) is 2.02. The highest BCUT2D eigenvalue weighted by Gasteiger charge is 2.19. The fraction of sp³-hybridized carbons (Fsp3) is 0.571. The smallest absolute Gasteiger partial charge is 0.179 e. The van der Waals surface area contributed by atoms with Crippen molar-refractivity contribution in [1.29, 1.82) is 0 Å². The topological polar surface area (TPSA) is 21.7 Å². The SMILES string of the molecule is CCC(Oc1cc(Cl)cc(Cl)c1OC)N(CC)CC. The van der Waals surface area contributed by atoms with Gasteiger partial charge in [-0.25, -0.2) is 0 Å². The van der Waals surface area contributed by atoms with E-state index >= 15 is 0 Å². The number of benzene rings is 1. The average Bonchev–Trinajstić information content (AvgIpc) is 2.38. The van der Waals surface area contributed by atoms with Crippen LogP contribution >= 0.6 is 23.2 Å². The molecule has 0 aliphatic carbocycles. The molecule has 0 heterocycles. The number of hydrogen-bond donors (Lipinski definition) is 0. The highest BCUT2D eigenvalue weighted by atomic mass is 35.5. The van der Waals surface area contributed by atoms with Gasteiger partial charge in [0.05, 0.1) is 12.1 Å². The summed E-state index contributed by atoms with van der Waals surface area (Å²) in [6, 6.07) is 3.38. The van der Waals surface area contributed by atoms with E-state index < -0.39 is 0 Å². The van der Waals surface area contributed by atoms with Crippen molar-refractivity contribution in [2.75, 3.05) is 20.2 Å². The molecular formula is C14H21Cl2NO2. The van der Waals surface area contributed by atoms with Crippen LogP contribution in [0.4, 0.5) is 0 Å². The minimum Gasteiger partial charge on any atom is -0.491 e. The van der Waals surface area contributed by atoms with Crippen LogP contribution in [0, 0.1) is 0 Å². The van der Waals surface area contributed by atoms with Crippen LogP contribution in [0.1, 0.15) is 27.2 Å². The Morgan fingerprint density at radius 1 is 1.16 bits per heavy atom. The molecule has 5 heteroatoms. The molecule has 0 aliphatic rings. The third-order valence-corrected chi connectivity index (χ3v) is 3.51. The van der Waals surface area contributed by atoms with Gasteiger partial charge in [0.2, 0.25) is 0 Å². The summed E-state index contributed by atoms with van der Waals surface area (Å²) in [6.07, 6.45) is 0.855. The second-order valence-corrected chi connectivity index (χ2v) is 4.96. The van der Waals surface area contributed by atoms with Crippen LogP contribution in [0.25, 0.3) is 0 Å². The zero-order valence-corrected chi connectivity index (χ0v) is 13.4. The Balaban J connectivity index is 3.02. The van der Waals surface area contributed by atoms with Crippen molar-refractivity contribution in [1.82, 2.24) is 4.90 Å². The molecule has 0 spiro atoms. The van der Waals surface area contributed by atoms with Crippen LogP contribution in [-0.4, -0.2) is 31.3 Å². The molecular weight excluding hydrogens is 285 g/mol. The van der Waals surface area contributed by atoms with Gasteiger partial charge in [0.25, 0.3) is 0 Å². The van der Waals surface area contributed by atoms with Gasteiger partial charge in [0.15, 0.2) is 17.7 Å². The lowest BCUT2D eigenvalue weighted by Crippen LogP contribution is -2.38. The van der Waals surface area contributed by atoms with E-state index in [2.05, 4.69) is 25.7 Å². The van der Waals surface area contributed by atoms with Crippen molar-refractivity contribution in [3.63, 3.8) is 0 Å². The monoisotopic (exact) mass is 305 g/mol. The van der Waals surface area contributed by atoms with Crippen LogP contribution in [0.15, 0.2) is 12.1 Å². The summed E-state index contributed by atoms with van der Waals surface area (Å²) in [5, 5.41) is 0.995. The molecule has 0 amide bonds. The number of nitrogens with zero attached hydrogens (tertiary/aromatic N) is 1. The zero-order valence-electron chi connectivity index (χ0n) is 11.9. The molecule has 0 bridgehead atoms. The van der Waals surface area contributed by atoms with Crippen LogP contribution in [0.3, 0.4) is 0 Å². The Morgan fingerprint density at radius 3 is 2.26 bits per heavy atom. The van der Waals surface area contributed by atoms with E-state index in [1.165, 1.54) is 0 Å². The molecule has 1 unspecified atom stereocenters. The van der Waals surface area contributed by atoms with E-state index in [9.17, 15) is 0 Å². The summed E-state index contributed by atoms with van der Waals surface area (Å²) in [6.45, 7) is 8.15. The highest BCUT2D eigenvalue weighted by Crippen LogP contribution is 2.38. The number of ether oxygens (including phenoxy) is 2. The van der Waals surface area contributed by atoms with E-state index in [0.717, 1.165) is 19.5 Å². The maximum absolute atomic E-state index is 6.11. The summed E-state index contributed by atoms with van der Waals surface area (Å²) < 4.78 is 11.3. The Labute approximate surface area is 125 Å². The third kappa shape index (κ3) is 4.16. The normalized spacial score (nSPS) is 12.6. The van der Waals surface area contributed by atoms with Crippen molar-refractivity contribution in [3.05, 3.63) is 22.2 Å². The van der Waals surface area contributed by atoms with Crippen molar-refractivity contribution < 1.29 is 9.47 Å². The molecule has 1 aromatic rings. The van der Waals surface area contributed by atoms with Crippen molar-refractivity contribution in [2.45, 2.75) is 33.4 Å². The Morgan fingerprint density at radius 2 is 1.79 bits per heavy atom. The standard InChI is InChI=1S/C14H21Cl2NO2/c1-5-13(17(6-2)7-3)19-12-9-10(15)8-11(16)14(12)18-4/h8-9,13H,5-7H2,1-4H3. The lowest BCUT2D eigenvalue weighted by atomic mass is 10.3. The minimum atomic E-state index is -0.0153. The first-order chi connectivity index (χ1) is 9.07. The predicted molar refractivity (Wildman–Crippen MR) is 80.6 cm³/mol. The van der Waals surface area contributed by atoms with Gasteiger partial charge in [-0.05, 0) is 25.6 Å². The first-order valence-electron chi connectivity index (χ1n) is 6.51. The van der Waals surface area contributed by atoms with Crippen LogP contribution in [0.2, 0.25) is 10.0 Å². The van der Waals surface area contributed by atoms with E-state index in [1.54, 1.807) is 19.2 Å². The molecule has 1 atom stereocenters. The summed E-state index contributed by atoms with van der Waals surface area (Å²) in [5.41, 5.74) is 0. The molecule has 0 radical (unpaired) electrons. The van der Waals surface area contributed by atoms with Gasteiger partial charge in [-0.1, -0.05) is 44.0 Å². The second-order valence-electron chi connectivity index (χ2n) is 4.12. The Hall–Kier alpha value is -0.640. The average molecular weight is 306 g/mol. The lowest BCUT2D eigenvalue weighted by Gasteiger charge is -2.29. The molecule has 1 aromatic carbocycles. The van der Waals surface area contributed by atoms with E-state index in [-0.39, 0.29) is 6.23 Å². The van der Waals surface area contributed by atoms with Gasteiger partial charge in [-0.15, -0.1) is 0 Å². The quantitative estimate of drug-likeness (QED) is 0.694. The first-order valence-corrected chi connectivity index (χ1v) is 7.26. The van der Waals surface area contributed by atoms with E-state index in [4.69, 9.17) is 32.7 Å². The summed E-state index contributed by atoms with van der Waals surface area (Å²) in [7, 11) is 1.57. The van der Waals surface area contributed by atoms with E-state index in [1.807, 2.05) is 0 Å². The van der Waals surface area contributed by atoms with Crippen LogP contribution in [0.5, 0.6) is 11.5 Å². The molecule has 0 saturated carbocycles. The molecule has 0 aliphatic heterocycles. The van der Waals surface area contributed by atoms with Gasteiger partial charge in [0, 0.05) is 11.1 Å². The minimum absolute atomic E-state index is 0.0153. The largest absolute Gasteiger partial charge is 0.491 e. The fourth-order valence-corrected chi connectivity index (χ4v) is 2.57. The first kappa shape index (κ1) is 16.4. The molecule has 0 aromatic heterocycles. The van der Waals surface area contributed by atoms with Gasteiger partial charge >= 0.3 is 0 Å². The molecule has 19 heavy (non-hydrogen) atoms. The second kappa shape index (κ2) is 7.83. The predicted octanol–water partition coefficient (Wildman–Crippen LogP) is 4.46. The molecule has 0 fully saturated rings. The maximum Gasteiger partial charge on any atom is 0.179 e. The molecule has 108 valence electrons. The van der Waals surface area contributed by atoms with Gasteiger partial charge in [-0.2, -0.15) is 0 Å². The van der Waals surface area contributed by atoms with Crippen molar-refractivity contribution in [3.8, 4) is 11.5 Å². The van der Waals surface area contributed by atoms with E-state index in [0.29, 0.717) is 21.5 Å². The molecule has 0 N–H and O–H groups in total. The summed E-state index contributed by atoms with van der Waals surface area (Å²) in [5.74, 6) is 1.11. The Bertz CT molecular complexity index is 409. The zero-order chi connectivity index (χ0) is 14.4. The number of halogens is 2.